The van der Waals surface area contributed by atoms with E-state index < -0.39 is 80.3 Å². The highest BCUT2D eigenvalue weighted by atomic mass is 31.2. The SMILES string of the molecule is CC(C)(C)C(=O)OCOP(=O)(OCOC(=O)C(C)(C)C)OC[C@@]1(F)O[C@@](C#N)(n2ccc(N)nc2=O)[C@H](O)[C@@H]1O. The van der Waals surface area contributed by atoms with Gasteiger partial charge in [-0.1, -0.05) is 0 Å². The first-order valence-electron chi connectivity index (χ1n) is 11.6. The van der Waals surface area contributed by atoms with Crippen LogP contribution in [0.25, 0.3) is 0 Å². The topological polar surface area (TPSA) is 232 Å². The van der Waals surface area contributed by atoms with E-state index in [4.69, 9.17) is 33.5 Å². The third-order valence-electron chi connectivity index (χ3n) is 5.26. The van der Waals surface area contributed by atoms with Crippen LogP contribution < -0.4 is 11.4 Å². The zero-order valence-corrected chi connectivity index (χ0v) is 23.5. The number of phosphoric acid groups is 1. The number of nitrogens with zero attached hydrogens (tertiary/aromatic N) is 3. The lowest BCUT2D eigenvalue weighted by molar-refractivity contribution is -0.227. The van der Waals surface area contributed by atoms with Crippen molar-refractivity contribution in [3.63, 3.8) is 0 Å². The molecule has 1 aliphatic rings. The summed E-state index contributed by atoms with van der Waals surface area (Å²) >= 11 is 0. The second-order valence-corrected chi connectivity index (χ2v) is 12.3. The van der Waals surface area contributed by atoms with Gasteiger partial charge in [0.05, 0.1) is 10.8 Å². The average molecular weight is 594 g/mol. The summed E-state index contributed by atoms with van der Waals surface area (Å²) in [5.41, 5.74) is -0.627. The smallest absolute Gasteiger partial charge is 0.437 e. The Balaban J connectivity index is 2.27. The van der Waals surface area contributed by atoms with Gasteiger partial charge in [-0.15, -0.1) is 0 Å². The third kappa shape index (κ3) is 7.40. The highest BCUT2D eigenvalue weighted by Gasteiger charge is 2.66. The molecule has 0 radical (unpaired) electrons. The number of nitrogens with two attached hydrogens (primary N) is 1. The van der Waals surface area contributed by atoms with Gasteiger partial charge in [0.25, 0.3) is 11.6 Å². The van der Waals surface area contributed by atoms with Crippen molar-refractivity contribution in [2.45, 2.75) is 65.3 Å². The second-order valence-electron chi connectivity index (χ2n) is 10.7. The monoisotopic (exact) mass is 594 g/mol. The molecule has 1 aromatic heterocycles. The Bertz CT molecular complexity index is 1220. The number of alkyl halides is 1. The number of carbonyl (C=O) groups excluding carboxylic acids is 2. The van der Waals surface area contributed by atoms with Crippen LogP contribution in [-0.4, -0.2) is 70.0 Å². The fourth-order valence-corrected chi connectivity index (χ4v) is 3.87. The molecule has 0 aliphatic carbocycles. The van der Waals surface area contributed by atoms with Crippen molar-refractivity contribution in [2.24, 2.45) is 10.8 Å². The van der Waals surface area contributed by atoms with Crippen LogP contribution in [0.3, 0.4) is 0 Å². The fourth-order valence-electron chi connectivity index (χ4n) is 2.95. The molecule has 0 bridgehead atoms. The maximum Gasteiger partial charge on any atom is 0.480 e. The largest absolute Gasteiger partial charge is 0.480 e. The van der Waals surface area contributed by atoms with Crippen LogP contribution in [0.4, 0.5) is 10.2 Å². The number of aliphatic hydroxyl groups is 2. The first-order chi connectivity index (χ1) is 18.2. The molecule has 0 aromatic carbocycles. The van der Waals surface area contributed by atoms with Crippen LogP contribution in [0, 0.1) is 22.2 Å². The normalized spacial score (nSPS) is 25.3. The van der Waals surface area contributed by atoms with Crippen LogP contribution in [0.5, 0.6) is 0 Å². The summed E-state index contributed by atoms with van der Waals surface area (Å²) in [6, 6.07) is 2.46. The molecule has 1 aromatic rings. The Morgan fingerprint density at radius 2 is 1.62 bits per heavy atom. The number of aromatic nitrogens is 2. The first-order valence-corrected chi connectivity index (χ1v) is 13.1. The number of halogens is 1. The summed E-state index contributed by atoms with van der Waals surface area (Å²) in [5, 5.41) is 30.6. The van der Waals surface area contributed by atoms with Gasteiger partial charge in [-0.2, -0.15) is 10.2 Å². The average Bonchev–Trinajstić information content (AvgIpc) is 3.03. The van der Waals surface area contributed by atoms with Crippen LogP contribution in [-0.2, 0) is 47.7 Å². The van der Waals surface area contributed by atoms with E-state index in [1.54, 1.807) is 0 Å². The van der Waals surface area contributed by atoms with E-state index in [0.29, 0.717) is 4.57 Å². The minimum absolute atomic E-state index is 0.258. The number of hydrogen-bond donors (Lipinski definition) is 3. The molecule has 224 valence electrons. The molecular formula is C22H32FN4O12P. The summed E-state index contributed by atoms with van der Waals surface area (Å²) < 4.78 is 58.8. The molecule has 4 N–H and O–H groups in total. The zero-order valence-electron chi connectivity index (χ0n) is 22.7. The summed E-state index contributed by atoms with van der Waals surface area (Å²) in [5.74, 6) is -5.31. The molecule has 16 nitrogen and oxygen atoms in total. The van der Waals surface area contributed by atoms with Gasteiger partial charge in [0, 0.05) is 6.20 Å². The zero-order chi connectivity index (χ0) is 30.7. The van der Waals surface area contributed by atoms with Gasteiger partial charge in [-0.25, -0.2) is 22.8 Å². The van der Waals surface area contributed by atoms with E-state index in [9.17, 15) is 34.4 Å². The standard InChI is InChI=1S/C22H32FN4O12P/c1-19(2,3)16(30)34-11-37-40(33,38-12-35-17(31)20(4,5)6)36-10-21(23)14(28)15(29)22(9-24,39-21)27-8-7-13(25)26-18(27)32/h7-8,14-15,28-29H,10-12H2,1-6H3,(H2,25,26,32)/t14-,15+,21+,22+/m0/s1. The summed E-state index contributed by atoms with van der Waals surface area (Å²) in [6.45, 7) is 5.58. The maximum atomic E-state index is 15.8. The Hall–Kier alpha value is -2.97. The van der Waals surface area contributed by atoms with Crippen LogP contribution in [0.15, 0.2) is 17.1 Å². The van der Waals surface area contributed by atoms with Gasteiger partial charge in [0.15, 0.2) is 0 Å². The van der Waals surface area contributed by atoms with Crippen molar-refractivity contribution in [3.8, 4) is 6.07 Å². The summed E-state index contributed by atoms with van der Waals surface area (Å²) in [6.07, 6.45) is -4.07. The molecule has 2 heterocycles. The number of esters is 2. The van der Waals surface area contributed by atoms with Gasteiger partial charge in [-0.05, 0) is 47.6 Å². The predicted molar refractivity (Wildman–Crippen MR) is 130 cm³/mol. The van der Waals surface area contributed by atoms with Crippen molar-refractivity contribution in [1.82, 2.24) is 9.55 Å². The lowest BCUT2D eigenvalue weighted by Gasteiger charge is -2.28. The molecule has 4 atom stereocenters. The maximum absolute atomic E-state index is 15.8. The van der Waals surface area contributed by atoms with E-state index in [1.807, 2.05) is 0 Å². The Morgan fingerprint density at radius 3 is 2.05 bits per heavy atom. The number of aliphatic hydroxyl groups excluding tert-OH is 2. The molecular weight excluding hydrogens is 562 g/mol. The lowest BCUT2D eigenvalue weighted by atomic mass is 9.98. The molecule has 1 fully saturated rings. The van der Waals surface area contributed by atoms with Crippen molar-refractivity contribution >= 4 is 25.6 Å². The van der Waals surface area contributed by atoms with Crippen molar-refractivity contribution < 1.29 is 56.5 Å². The molecule has 0 saturated carbocycles. The molecule has 40 heavy (non-hydrogen) atoms. The molecule has 1 aliphatic heterocycles. The van der Waals surface area contributed by atoms with Gasteiger partial charge in [0.1, 0.15) is 30.7 Å². The number of rotatable bonds is 10. The quantitative estimate of drug-likeness (QED) is 0.192. The number of phosphoric ester groups is 1. The minimum Gasteiger partial charge on any atom is -0.437 e. The van der Waals surface area contributed by atoms with Crippen LogP contribution in [0.2, 0.25) is 0 Å². The number of nitrogen functional groups attached to an aromatic ring is 1. The van der Waals surface area contributed by atoms with E-state index in [0.717, 1.165) is 12.3 Å². The number of nitriles is 1. The van der Waals surface area contributed by atoms with Gasteiger partial charge < -0.3 is 25.4 Å². The van der Waals surface area contributed by atoms with E-state index in [1.165, 1.54) is 47.6 Å². The number of anilines is 1. The van der Waals surface area contributed by atoms with E-state index in [-0.39, 0.29) is 5.82 Å². The van der Waals surface area contributed by atoms with Crippen molar-refractivity contribution in [2.75, 3.05) is 25.9 Å². The van der Waals surface area contributed by atoms with Gasteiger partial charge in [0.2, 0.25) is 13.6 Å². The molecule has 0 spiro atoms. The van der Waals surface area contributed by atoms with E-state index >= 15 is 4.39 Å². The summed E-state index contributed by atoms with van der Waals surface area (Å²) in [7, 11) is -4.96. The molecule has 0 amide bonds. The number of hydrogen-bond acceptors (Lipinski definition) is 15. The second kappa shape index (κ2) is 11.9. The number of carbonyl (C=O) groups is 2. The predicted octanol–water partition coefficient (Wildman–Crippen LogP) is 0.671. The minimum atomic E-state index is -4.96. The Labute approximate surface area is 228 Å². The molecule has 0 unspecified atom stereocenters. The third-order valence-corrected chi connectivity index (χ3v) is 6.54. The Kier molecular flexibility index (Phi) is 9.86. The highest BCUT2D eigenvalue weighted by Crippen LogP contribution is 2.52. The van der Waals surface area contributed by atoms with Gasteiger partial charge >= 0.3 is 25.5 Å². The van der Waals surface area contributed by atoms with Crippen LogP contribution in [0.1, 0.15) is 41.5 Å². The molecule has 18 heteroatoms. The highest BCUT2D eigenvalue weighted by molar-refractivity contribution is 7.48. The van der Waals surface area contributed by atoms with Crippen molar-refractivity contribution in [3.05, 3.63) is 22.7 Å². The number of ether oxygens (including phenoxy) is 3. The summed E-state index contributed by atoms with van der Waals surface area (Å²) in [4.78, 5) is 39.6. The molecule has 2 rings (SSSR count). The van der Waals surface area contributed by atoms with Gasteiger partial charge in [-0.3, -0.25) is 23.4 Å². The first kappa shape index (κ1) is 33.2. The van der Waals surface area contributed by atoms with E-state index in [2.05, 4.69) is 4.98 Å². The van der Waals surface area contributed by atoms with Crippen molar-refractivity contribution in [1.29, 1.82) is 5.26 Å². The molecule has 1 saturated heterocycles. The van der Waals surface area contributed by atoms with Crippen LogP contribution >= 0.6 is 7.82 Å². The lowest BCUT2D eigenvalue weighted by Crippen LogP contribution is -2.49. The fraction of sp³-hybridized carbons (Fsp3) is 0.682. The Morgan fingerprint density at radius 1 is 1.12 bits per heavy atom.